The second-order valence-corrected chi connectivity index (χ2v) is 5.06. The summed E-state index contributed by atoms with van der Waals surface area (Å²) in [6, 6.07) is 20.6. The Morgan fingerprint density at radius 3 is 1.36 bits per heavy atom. The summed E-state index contributed by atoms with van der Waals surface area (Å²) in [5.41, 5.74) is 11.7. The van der Waals surface area contributed by atoms with Crippen LogP contribution in [0.25, 0.3) is 12.2 Å². The average molecular weight is 286 g/mol. The van der Waals surface area contributed by atoms with Crippen LogP contribution >= 0.6 is 0 Å². The number of rotatable bonds is 5. The predicted octanol–water partition coefficient (Wildman–Crippen LogP) is 6.28. The van der Waals surface area contributed by atoms with E-state index in [1.807, 2.05) is 36.4 Å². The van der Waals surface area contributed by atoms with Crippen molar-refractivity contribution in [2.45, 2.75) is 26.7 Å². The first-order valence-corrected chi connectivity index (χ1v) is 7.85. The van der Waals surface area contributed by atoms with Gasteiger partial charge >= 0.3 is 0 Å². The zero-order valence-electron chi connectivity index (χ0n) is 13.3. The van der Waals surface area contributed by atoms with Crippen LogP contribution in [0.4, 0.5) is 0 Å². The fourth-order valence-corrected chi connectivity index (χ4v) is 2.24. The summed E-state index contributed by atoms with van der Waals surface area (Å²) in [4.78, 5) is 0. The third-order valence-electron chi connectivity index (χ3n) is 3.50. The number of hydrogen-bond donors (Lipinski definition) is 0. The van der Waals surface area contributed by atoms with Crippen molar-refractivity contribution >= 4 is 12.2 Å². The van der Waals surface area contributed by atoms with Gasteiger partial charge in [-0.1, -0.05) is 74.5 Å². The van der Waals surface area contributed by atoms with Gasteiger partial charge in [-0.05, 0) is 36.1 Å². The molecule has 22 heavy (non-hydrogen) atoms. The van der Waals surface area contributed by atoms with Crippen LogP contribution < -0.4 is 0 Å². The molecule has 0 atom stereocenters. The molecule has 0 spiro atoms. The maximum absolute atomic E-state index is 3.45. The molecule has 110 valence electrons. The third-order valence-corrected chi connectivity index (χ3v) is 3.50. The Hall–Kier alpha value is -2.52. The number of allylic oxidation sites excluding steroid dienone is 2. The molecular formula is C22H22. The van der Waals surface area contributed by atoms with Gasteiger partial charge in [0, 0.05) is 11.1 Å². The van der Waals surface area contributed by atoms with E-state index in [-0.39, 0.29) is 0 Å². The van der Waals surface area contributed by atoms with Gasteiger partial charge in [-0.15, -0.1) is 11.5 Å². The van der Waals surface area contributed by atoms with Gasteiger partial charge in [0.2, 0.25) is 0 Å². The van der Waals surface area contributed by atoms with Crippen molar-refractivity contribution in [1.29, 1.82) is 0 Å². The molecule has 0 aliphatic heterocycles. The van der Waals surface area contributed by atoms with Crippen LogP contribution in [0.2, 0.25) is 0 Å². The van der Waals surface area contributed by atoms with Gasteiger partial charge in [0.15, 0.2) is 0 Å². The van der Waals surface area contributed by atoms with Gasteiger partial charge < -0.3 is 0 Å². The lowest BCUT2D eigenvalue weighted by atomic mass is 10.0. The van der Waals surface area contributed by atoms with Gasteiger partial charge in [-0.25, -0.2) is 0 Å². The molecule has 0 unspecified atom stereocenters. The Morgan fingerprint density at radius 1 is 0.682 bits per heavy atom. The lowest BCUT2D eigenvalue weighted by Gasteiger charge is -2.02. The summed E-state index contributed by atoms with van der Waals surface area (Å²) >= 11 is 0. The van der Waals surface area contributed by atoms with Crippen LogP contribution in [0.15, 0.2) is 83.3 Å². The van der Waals surface area contributed by atoms with E-state index in [4.69, 9.17) is 0 Å². The van der Waals surface area contributed by atoms with Crippen molar-refractivity contribution in [1.82, 2.24) is 0 Å². The molecule has 0 amide bonds. The van der Waals surface area contributed by atoms with E-state index in [2.05, 4.69) is 61.7 Å². The van der Waals surface area contributed by atoms with Gasteiger partial charge in [0.1, 0.15) is 0 Å². The molecule has 0 aromatic heterocycles. The maximum atomic E-state index is 3.45. The summed E-state index contributed by atoms with van der Waals surface area (Å²) in [6.07, 6.45) is 6.03. The van der Waals surface area contributed by atoms with Crippen LogP contribution in [0.5, 0.6) is 0 Å². The van der Waals surface area contributed by atoms with Crippen LogP contribution in [0.1, 0.15) is 37.8 Å². The quantitative estimate of drug-likeness (QED) is 0.448. The van der Waals surface area contributed by atoms with Crippen molar-refractivity contribution in [2.75, 3.05) is 0 Å². The highest BCUT2D eigenvalue weighted by Crippen LogP contribution is 2.16. The summed E-state index contributed by atoms with van der Waals surface area (Å²) < 4.78 is 0. The zero-order valence-corrected chi connectivity index (χ0v) is 13.3. The Bertz CT molecular complexity index is 640. The summed E-state index contributed by atoms with van der Waals surface area (Å²) in [7, 11) is 0. The van der Waals surface area contributed by atoms with Crippen molar-refractivity contribution < 1.29 is 0 Å². The first kappa shape index (κ1) is 15.9. The highest BCUT2D eigenvalue weighted by Gasteiger charge is 1.98. The van der Waals surface area contributed by atoms with E-state index in [9.17, 15) is 0 Å². The molecule has 0 heterocycles. The zero-order chi connectivity index (χ0) is 15.6. The van der Waals surface area contributed by atoms with Crippen molar-refractivity contribution in [3.63, 3.8) is 0 Å². The fourth-order valence-electron chi connectivity index (χ4n) is 2.24. The molecule has 0 bridgehead atoms. The molecule has 0 saturated carbocycles. The molecule has 0 aliphatic rings. The summed E-state index contributed by atoms with van der Waals surface area (Å²) in [6.45, 7) is 4.34. The molecular weight excluding hydrogens is 264 g/mol. The SMILES string of the molecule is CCC(=C=Cc1ccccc1)C(=C=Cc1ccccc1)CC. The standard InChI is InChI=1S/C22H22/c1-3-21(17-15-19-11-7-5-8-12-19)22(4-2)18-16-20-13-9-6-10-14-20/h5-16H,3-4H2,1-2H3. The van der Waals surface area contributed by atoms with Crippen molar-refractivity contribution in [3.05, 3.63) is 94.4 Å². The van der Waals surface area contributed by atoms with E-state index >= 15 is 0 Å². The third kappa shape index (κ3) is 4.79. The van der Waals surface area contributed by atoms with Crippen LogP contribution in [0, 0.1) is 0 Å². The number of hydrogen-bond acceptors (Lipinski definition) is 0. The summed E-state index contributed by atoms with van der Waals surface area (Å²) in [5.74, 6) is 0. The van der Waals surface area contributed by atoms with Gasteiger partial charge in [0.25, 0.3) is 0 Å². The summed E-state index contributed by atoms with van der Waals surface area (Å²) in [5, 5.41) is 0. The highest BCUT2D eigenvalue weighted by molar-refractivity contribution is 5.53. The van der Waals surface area contributed by atoms with E-state index in [0.717, 1.165) is 12.8 Å². The Kier molecular flexibility index (Phi) is 6.27. The molecule has 0 radical (unpaired) electrons. The molecule has 0 N–H and O–H groups in total. The minimum Gasteiger partial charge on any atom is -0.116 e. The predicted molar refractivity (Wildman–Crippen MR) is 96.4 cm³/mol. The molecule has 2 aromatic carbocycles. The second-order valence-electron chi connectivity index (χ2n) is 5.06. The molecule has 0 fully saturated rings. The first-order valence-electron chi connectivity index (χ1n) is 7.85. The maximum Gasteiger partial charge on any atom is 0.00461 e. The normalized spacial score (nSPS) is 9.36. The Morgan fingerprint density at radius 2 is 1.05 bits per heavy atom. The van der Waals surface area contributed by atoms with E-state index in [1.54, 1.807) is 0 Å². The van der Waals surface area contributed by atoms with Crippen molar-refractivity contribution in [2.24, 2.45) is 0 Å². The van der Waals surface area contributed by atoms with Crippen LogP contribution in [-0.4, -0.2) is 0 Å². The molecule has 2 rings (SSSR count). The Balaban J connectivity index is 2.35. The molecule has 2 aromatic rings. The number of benzene rings is 2. The molecule has 0 heteroatoms. The fraction of sp³-hybridized carbons (Fsp3) is 0.182. The highest BCUT2D eigenvalue weighted by atomic mass is 14.0. The molecule has 0 saturated heterocycles. The lowest BCUT2D eigenvalue weighted by molar-refractivity contribution is 1.03. The minimum absolute atomic E-state index is 0.960. The van der Waals surface area contributed by atoms with Gasteiger partial charge in [-0.3, -0.25) is 0 Å². The van der Waals surface area contributed by atoms with E-state index in [1.165, 1.54) is 22.3 Å². The molecule has 0 aliphatic carbocycles. The minimum atomic E-state index is 0.960. The first-order chi connectivity index (χ1) is 10.8. The van der Waals surface area contributed by atoms with Gasteiger partial charge in [-0.2, -0.15) is 0 Å². The van der Waals surface area contributed by atoms with Crippen LogP contribution in [-0.2, 0) is 0 Å². The van der Waals surface area contributed by atoms with Crippen molar-refractivity contribution in [3.8, 4) is 0 Å². The lowest BCUT2D eigenvalue weighted by Crippen LogP contribution is -1.84. The van der Waals surface area contributed by atoms with Crippen LogP contribution in [0.3, 0.4) is 0 Å². The molecule has 0 nitrogen and oxygen atoms in total. The van der Waals surface area contributed by atoms with E-state index < -0.39 is 0 Å². The Labute approximate surface area is 133 Å². The average Bonchev–Trinajstić information content (AvgIpc) is 2.59. The monoisotopic (exact) mass is 286 g/mol. The van der Waals surface area contributed by atoms with E-state index in [0.29, 0.717) is 0 Å². The topological polar surface area (TPSA) is 0 Å². The van der Waals surface area contributed by atoms with Gasteiger partial charge in [0.05, 0.1) is 0 Å². The smallest absolute Gasteiger partial charge is 0.00461 e. The second kappa shape index (κ2) is 8.70. The largest absolute Gasteiger partial charge is 0.116 e.